The number of benzene rings is 1. The molecular formula is C17H19N3O5S2. The van der Waals surface area contributed by atoms with Gasteiger partial charge in [-0.05, 0) is 24.8 Å². The van der Waals surface area contributed by atoms with Crippen LogP contribution in [0.1, 0.15) is 16.9 Å². The van der Waals surface area contributed by atoms with Gasteiger partial charge in [-0.15, -0.1) is 0 Å². The van der Waals surface area contributed by atoms with Crippen molar-refractivity contribution in [3.63, 3.8) is 0 Å². The van der Waals surface area contributed by atoms with Crippen LogP contribution in [0, 0.1) is 0 Å². The van der Waals surface area contributed by atoms with Crippen LogP contribution in [0.5, 0.6) is 0 Å². The first-order chi connectivity index (χ1) is 12.9. The summed E-state index contributed by atoms with van der Waals surface area (Å²) in [5, 5.41) is 3.20. The van der Waals surface area contributed by atoms with Gasteiger partial charge in [-0.25, -0.2) is 18.2 Å². The molecule has 1 atom stereocenters. The average Bonchev–Trinajstić information content (AvgIpc) is 3.23. The molecule has 1 unspecified atom stereocenters. The van der Waals surface area contributed by atoms with Crippen LogP contribution in [0.15, 0.2) is 41.7 Å². The highest BCUT2D eigenvalue weighted by Gasteiger charge is 2.29. The summed E-state index contributed by atoms with van der Waals surface area (Å²) in [5.74, 6) is -1.22. The molecule has 3 rings (SSSR count). The Balaban J connectivity index is 1.65. The Morgan fingerprint density at radius 1 is 1.33 bits per heavy atom. The quantitative estimate of drug-likeness (QED) is 0.561. The maximum absolute atomic E-state index is 12.4. The summed E-state index contributed by atoms with van der Waals surface area (Å²) >= 11 is 1.38. The summed E-state index contributed by atoms with van der Waals surface area (Å²) in [6.45, 7) is -0.482. The van der Waals surface area contributed by atoms with Crippen molar-refractivity contribution in [2.24, 2.45) is 0 Å². The molecule has 0 spiro atoms. The van der Waals surface area contributed by atoms with Crippen molar-refractivity contribution in [2.75, 3.05) is 24.4 Å². The Kier molecular flexibility index (Phi) is 5.85. The molecule has 144 valence electrons. The van der Waals surface area contributed by atoms with Crippen molar-refractivity contribution >= 4 is 33.5 Å². The molecule has 0 aliphatic carbocycles. The van der Waals surface area contributed by atoms with Gasteiger partial charge in [-0.3, -0.25) is 9.36 Å². The molecule has 10 heteroatoms. The molecule has 1 aromatic heterocycles. The number of nitrogens with one attached hydrogen (secondary N) is 1. The Morgan fingerprint density at radius 2 is 2.07 bits per heavy atom. The van der Waals surface area contributed by atoms with Crippen molar-refractivity contribution in [3.05, 3.63) is 42.2 Å². The van der Waals surface area contributed by atoms with E-state index in [0.29, 0.717) is 11.6 Å². The molecule has 1 N–H and O–H groups in total. The topological polar surface area (TPSA) is 107 Å². The Labute approximate surface area is 161 Å². The van der Waals surface area contributed by atoms with E-state index in [-0.39, 0.29) is 17.2 Å². The second-order valence-corrected chi connectivity index (χ2v) is 9.05. The predicted octanol–water partition coefficient (Wildman–Crippen LogP) is 1.05. The fraction of sp³-hybridized carbons (Fsp3) is 0.353. The van der Waals surface area contributed by atoms with E-state index in [1.54, 1.807) is 4.57 Å². The third-order valence-corrected chi connectivity index (χ3v) is 6.49. The second kappa shape index (κ2) is 8.13. The Hall–Kier alpha value is -2.33. The summed E-state index contributed by atoms with van der Waals surface area (Å²) in [4.78, 5) is 28.6. The second-order valence-electron chi connectivity index (χ2n) is 6.04. The zero-order chi connectivity index (χ0) is 19.4. The van der Waals surface area contributed by atoms with Gasteiger partial charge in [0.15, 0.2) is 27.3 Å². The van der Waals surface area contributed by atoms with Gasteiger partial charge in [0.25, 0.3) is 5.91 Å². The molecule has 0 saturated carbocycles. The van der Waals surface area contributed by atoms with Crippen LogP contribution in [0.4, 0.5) is 0 Å². The van der Waals surface area contributed by atoms with Gasteiger partial charge in [0.2, 0.25) is 0 Å². The normalized spacial score (nSPS) is 18.2. The fourth-order valence-electron chi connectivity index (χ4n) is 2.83. The van der Waals surface area contributed by atoms with Crippen LogP contribution in [0.3, 0.4) is 0 Å². The molecule has 2 heterocycles. The highest BCUT2D eigenvalue weighted by Crippen LogP contribution is 2.22. The minimum Gasteiger partial charge on any atom is -0.451 e. The maximum Gasteiger partial charge on any atom is 0.357 e. The number of thioether (sulfide) groups is 1. The summed E-state index contributed by atoms with van der Waals surface area (Å²) in [6.07, 6.45) is 3.63. The maximum atomic E-state index is 12.4. The van der Waals surface area contributed by atoms with Gasteiger partial charge in [0.1, 0.15) is 0 Å². The first-order valence-corrected chi connectivity index (χ1v) is 11.3. The van der Waals surface area contributed by atoms with E-state index in [1.807, 2.05) is 36.6 Å². The lowest BCUT2D eigenvalue weighted by Crippen LogP contribution is -2.38. The summed E-state index contributed by atoms with van der Waals surface area (Å²) in [5.41, 5.74) is 0.966. The van der Waals surface area contributed by atoms with Crippen LogP contribution in [-0.2, 0) is 19.4 Å². The summed E-state index contributed by atoms with van der Waals surface area (Å²) in [6, 6.07) is 8.80. The molecule has 1 fully saturated rings. The Morgan fingerprint density at radius 3 is 2.70 bits per heavy atom. The number of carbonyl (C=O) groups is 2. The number of para-hydroxylation sites is 1. The zero-order valence-electron chi connectivity index (χ0n) is 14.6. The van der Waals surface area contributed by atoms with Crippen LogP contribution < -0.4 is 5.32 Å². The number of hydrogen-bond acceptors (Lipinski definition) is 7. The summed E-state index contributed by atoms with van der Waals surface area (Å²) < 4.78 is 29.6. The first kappa shape index (κ1) is 19.4. The van der Waals surface area contributed by atoms with Crippen LogP contribution in [-0.4, -0.2) is 60.3 Å². The van der Waals surface area contributed by atoms with Crippen molar-refractivity contribution in [1.29, 1.82) is 0 Å². The number of nitrogens with zero attached hydrogens (tertiary/aromatic N) is 2. The van der Waals surface area contributed by atoms with Crippen molar-refractivity contribution in [3.8, 4) is 5.69 Å². The summed E-state index contributed by atoms with van der Waals surface area (Å²) in [7, 11) is -3.09. The molecule has 1 saturated heterocycles. The molecule has 1 aromatic carbocycles. The van der Waals surface area contributed by atoms with E-state index in [1.165, 1.54) is 18.0 Å². The molecule has 1 amide bonds. The third kappa shape index (κ3) is 4.69. The molecule has 1 aliphatic heterocycles. The van der Waals surface area contributed by atoms with Gasteiger partial charge >= 0.3 is 5.97 Å². The smallest absolute Gasteiger partial charge is 0.357 e. The lowest BCUT2D eigenvalue weighted by Gasteiger charge is -2.12. The minimum absolute atomic E-state index is 0.0610. The standard InChI is InChI=1S/C17H19N3O5S2/c1-26-17-18-9-14(20(17)13-5-3-2-4-6-13)16(22)25-10-15(21)19-12-7-8-27(23,24)11-12/h2-6,9,12H,7-8,10-11H2,1H3,(H,19,21). The van der Waals surface area contributed by atoms with Crippen LogP contribution in [0.2, 0.25) is 0 Å². The molecule has 27 heavy (non-hydrogen) atoms. The number of rotatable bonds is 6. The first-order valence-electron chi connectivity index (χ1n) is 8.23. The largest absolute Gasteiger partial charge is 0.451 e. The van der Waals surface area contributed by atoms with Gasteiger partial charge < -0.3 is 10.1 Å². The van der Waals surface area contributed by atoms with Gasteiger partial charge in [-0.2, -0.15) is 0 Å². The number of imidazole rings is 1. The number of esters is 1. The fourth-order valence-corrected chi connectivity index (χ4v) is 5.05. The molecule has 1 aliphatic rings. The Bertz CT molecular complexity index is 941. The number of aromatic nitrogens is 2. The van der Waals surface area contributed by atoms with Crippen molar-refractivity contribution in [1.82, 2.24) is 14.9 Å². The van der Waals surface area contributed by atoms with Crippen molar-refractivity contribution < 1.29 is 22.7 Å². The molecule has 8 nitrogen and oxygen atoms in total. The zero-order valence-corrected chi connectivity index (χ0v) is 16.3. The molecule has 0 bridgehead atoms. The number of sulfone groups is 1. The van der Waals surface area contributed by atoms with E-state index in [4.69, 9.17) is 4.74 Å². The molecular weight excluding hydrogens is 390 g/mol. The minimum atomic E-state index is -3.09. The number of carbonyl (C=O) groups excluding carboxylic acids is 2. The van der Waals surface area contributed by atoms with E-state index in [9.17, 15) is 18.0 Å². The SMILES string of the molecule is CSc1ncc(C(=O)OCC(=O)NC2CCS(=O)(=O)C2)n1-c1ccccc1. The lowest BCUT2D eigenvalue weighted by molar-refractivity contribution is -0.124. The van der Waals surface area contributed by atoms with E-state index >= 15 is 0 Å². The lowest BCUT2D eigenvalue weighted by atomic mass is 10.2. The van der Waals surface area contributed by atoms with Crippen LogP contribution in [0.25, 0.3) is 5.69 Å². The molecule has 0 radical (unpaired) electrons. The van der Waals surface area contributed by atoms with E-state index < -0.39 is 34.4 Å². The van der Waals surface area contributed by atoms with E-state index in [0.717, 1.165) is 5.69 Å². The predicted molar refractivity (Wildman–Crippen MR) is 101 cm³/mol. The monoisotopic (exact) mass is 409 g/mol. The van der Waals surface area contributed by atoms with Gasteiger partial charge in [0.05, 0.1) is 17.7 Å². The van der Waals surface area contributed by atoms with Gasteiger partial charge in [0, 0.05) is 11.7 Å². The average molecular weight is 409 g/mol. The number of amides is 1. The highest BCUT2D eigenvalue weighted by molar-refractivity contribution is 7.98. The van der Waals surface area contributed by atoms with E-state index in [2.05, 4.69) is 10.3 Å². The highest BCUT2D eigenvalue weighted by atomic mass is 32.2. The number of hydrogen-bond donors (Lipinski definition) is 1. The van der Waals surface area contributed by atoms with Crippen molar-refractivity contribution in [2.45, 2.75) is 17.6 Å². The van der Waals surface area contributed by atoms with Crippen LogP contribution >= 0.6 is 11.8 Å². The van der Waals surface area contributed by atoms with Gasteiger partial charge in [-0.1, -0.05) is 30.0 Å². The third-order valence-electron chi connectivity index (χ3n) is 4.07. The number of ether oxygens (including phenoxy) is 1. The molecule has 2 aromatic rings.